The highest BCUT2D eigenvalue weighted by molar-refractivity contribution is 5.93. The van der Waals surface area contributed by atoms with Crippen molar-refractivity contribution in [1.82, 2.24) is 0 Å². The fourth-order valence-corrected chi connectivity index (χ4v) is 13.6. The summed E-state index contributed by atoms with van der Waals surface area (Å²) < 4.78 is 13.3. The summed E-state index contributed by atoms with van der Waals surface area (Å²) in [7, 11) is 0. The van der Waals surface area contributed by atoms with Crippen LogP contribution in [-0.2, 0) is 10.8 Å². The van der Waals surface area contributed by atoms with Gasteiger partial charge in [0.1, 0.15) is 23.0 Å². The van der Waals surface area contributed by atoms with Gasteiger partial charge in [0, 0.05) is 39.3 Å². The van der Waals surface area contributed by atoms with Crippen LogP contribution in [0.1, 0.15) is 44.5 Å². The lowest BCUT2D eigenvalue weighted by Gasteiger charge is -2.39. The molecule has 0 amide bonds. The summed E-state index contributed by atoms with van der Waals surface area (Å²) in [5.41, 5.74) is 23.8. The Morgan fingerprint density at radius 3 is 1.12 bits per heavy atom. The van der Waals surface area contributed by atoms with Crippen molar-refractivity contribution in [2.45, 2.75) is 10.8 Å². The molecule has 0 saturated carbocycles. The first-order valence-electron chi connectivity index (χ1n) is 26.6. The van der Waals surface area contributed by atoms with Crippen molar-refractivity contribution >= 4 is 17.1 Å². The molecule has 0 atom stereocenters. The van der Waals surface area contributed by atoms with Crippen molar-refractivity contribution in [1.29, 1.82) is 0 Å². The van der Waals surface area contributed by atoms with Crippen LogP contribution >= 0.6 is 0 Å². The molecule has 16 rings (SSSR count). The molecule has 0 N–H and O–H groups in total. The number of rotatable bonds is 6. The number of fused-ring (bicyclic) bond motifs is 18. The van der Waals surface area contributed by atoms with Crippen LogP contribution < -0.4 is 14.4 Å². The number of benzene rings is 12. The van der Waals surface area contributed by atoms with Crippen molar-refractivity contribution in [3.63, 3.8) is 0 Å². The minimum Gasteiger partial charge on any atom is -0.457 e. The van der Waals surface area contributed by atoms with Crippen molar-refractivity contribution in [3.05, 3.63) is 330 Å². The highest BCUT2D eigenvalue weighted by Crippen LogP contribution is 2.64. The van der Waals surface area contributed by atoms with Gasteiger partial charge in [0.25, 0.3) is 0 Å². The van der Waals surface area contributed by atoms with E-state index < -0.39 is 10.8 Å². The first-order valence-corrected chi connectivity index (χ1v) is 26.6. The Labute approximate surface area is 448 Å². The van der Waals surface area contributed by atoms with Crippen LogP contribution in [0.25, 0.3) is 55.6 Å². The molecule has 0 fully saturated rings. The van der Waals surface area contributed by atoms with Gasteiger partial charge < -0.3 is 14.4 Å². The van der Waals surface area contributed by atoms with Gasteiger partial charge in [-0.1, -0.05) is 212 Å². The highest BCUT2D eigenvalue weighted by Gasteiger charge is 2.52. The Morgan fingerprint density at radius 2 is 0.571 bits per heavy atom. The molecule has 2 spiro atoms. The second kappa shape index (κ2) is 16.8. The minimum atomic E-state index is -0.558. The smallest absolute Gasteiger partial charge is 0.132 e. The number of hydrogen-bond acceptors (Lipinski definition) is 3. The van der Waals surface area contributed by atoms with Crippen LogP contribution in [0.15, 0.2) is 285 Å². The van der Waals surface area contributed by atoms with E-state index >= 15 is 0 Å². The molecule has 2 aliphatic heterocycles. The molecule has 3 nitrogen and oxygen atoms in total. The average molecular weight is 982 g/mol. The number of ether oxygens (including phenoxy) is 2. The SMILES string of the molecule is c1ccc(-c2ccc(N(c3cccc(-c4ccc5c(c4)-c4ccccc4C54c5ccccc5Oc5ccccc54)c3)c3cccc(-c4ccc5c(c4)C4(c6ccccc6Oc6ccccc64)c4ccccc4-5)c3)cc2)cc1. The molecular weight excluding hydrogens is 935 g/mol. The van der Waals surface area contributed by atoms with Crippen LogP contribution in [0, 0.1) is 0 Å². The molecule has 0 bridgehead atoms. The van der Waals surface area contributed by atoms with Crippen molar-refractivity contribution in [2.75, 3.05) is 4.90 Å². The molecule has 4 aliphatic rings. The van der Waals surface area contributed by atoms with E-state index in [0.717, 1.165) is 73.4 Å². The number of hydrogen-bond donors (Lipinski definition) is 0. The van der Waals surface area contributed by atoms with Crippen LogP contribution in [-0.4, -0.2) is 0 Å². The third-order valence-electron chi connectivity index (χ3n) is 16.8. The van der Waals surface area contributed by atoms with Gasteiger partial charge in [-0.15, -0.1) is 0 Å². The summed E-state index contributed by atoms with van der Waals surface area (Å²) in [6, 6.07) is 104. The minimum absolute atomic E-state index is 0.519. The zero-order valence-electron chi connectivity index (χ0n) is 41.9. The summed E-state index contributed by atoms with van der Waals surface area (Å²) in [5, 5.41) is 0. The van der Waals surface area contributed by atoms with Crippen molar-refractivity contribution in [2.24, 2.45) is 0 Å². The van der Waals surface area contributed by atoms with Gasteiger partial charge in [0.05, 0.1) is 10.8 Å². The monoisotopic (exact) mass is 981 g/mol. The zero-order chi connectivity index (χ0) is 50.7. The largest absolute Gasteiger partial charge is 0.457 e. The Kier molecular flexibility index (Phi) is 9.47. The fraction of sp³-hybridized carbons (Fsp3) is 0.0270. The quantitative estimate of drug-likeness (QED) is 0.166. The van der Waals surface area contributed by atoms with Gasteiger partial charge in [0.2, 0.25) is 0 Å². The number of anilines is 3. The van der Waals surface area contributed by atoms with Crippen LogP contribution in [0.5, 0.6) is 23.0 Å². The van der Waals surface area contributed by atoms with E-state index in [2.05, 4.69) is 290 Å². The zero-order valence-corrected chi connectivity index (χ0v) is 41.9. The molecule has 0 saturated heterocycles. The molecule has 360 valence electrons. The molecule has 12 aromatic carbocycles. The maximum atomic E-state index is 6.68. The fourth-order valence-electron chi connectivity index (χ4n) is 13.6. The first kappa shape index (κ1) is 43.4. The Balaban J connectivity index is 0.841. The maximum absolute atomic E-state index is 6.68. The Hall–Kier alpha value is -9.96. The van der Waals surface area contributed by atoms with E-state index in [4.69, 9.17) is 9.47 Å². The molecular formula is C74H47NO2. The third-order valence-corrected chi connectivity index (χ3v) is 16.8. The highest BCUT2D eigenvalue weighted by atomic mass is 16.5. The van der Waals surface area contributed by atoms with Gasteiger partial charge in [0.15, 0.2) is 0 Å². The van der Waals surface area contributed by atoms with Crippen molar-refractivity contribution < 1.29 is 9.47 Å². The molecule has 12 aromatic rings. The summed E-state index contributed by atoms with van der Waals surface area (Å²) >= 11 is 0. The van der Waals surface area contributed by atoms with Gasteiger partial charge >= 0.3 is 0 Å². The Morgan fingerprint density at radius 1 is 0.208 bits per heavy atom. The van der Waals surface area contributed by atoms with E-state index in [1.165, 1.54) is 66.8 Å². The standard InChI is InChI=1S/C74H47NO2/c1-2-18-48(19-3-1)49-36-40-54(41-37-49)75(55-22-16-20-50(44-55)52-39-43-63-60(46-52)58-25-5-7-27-62(58)73(63)64-28-8-12-32-69(64)76-70-33-13-9-29-65(70)73)56-23-17-21-51(45-56)53-38-42-59-57-24-4-6-26-61(57)74(68(59)47-53)66-30-10-14-34-71(66)77-72-35-15-11-31-67(72)74/h1-47H. The lowest BCUT2D eigenvalue weighted by Crippen LogP contribution is -2.32. The van der Waals surface area contributed by atoms with Gasteiger partial charge in [-0.2, -0.15) is 0 Å². The number of para-hydroxylation sites is 4. The van der Waals surface area contributed by atoms with E-state index in [-0.39, 0.29) is 0 Å². The number of nitrogens with zero attached hydrogens (tertiary/aromatic N) is 1. The van der Waals surface area contributed by atoms with Gasteiger partial charge in [-0.3, -0.25) is 0 Å². The predicted octanol–water partition coefficient (Wildman–Crippen LogP) is 19.1. The lowest BCUT2D eigenvalue weighted by atomic mass is 9.66. The lowest BCUT2D eigenvalue weighted by molar-refractivity contribution is 0.436. The molecule has 0 aromatic heterocycles. The second-order valence-corrected chi connectivity index (χ2v) is 20.6. The molecule has 2 aliphatic carbocycles. The molecule has 3 heteroatoms. The van der Waals surface area contributed by atoms with E-state index in [1.54, 1.807) is 0 Å². The van der Waals surface area contributed by atoms with Crippen LogP contribution in [0.3, 0.4) is 0 Å². The second-order valence-electron chi connectivity index (χ2n) is 20.6. The topological polar surface area (TPSA) is 21.7 Å². The van der Waals surface area contributed by atoms with Gasteiger partial charge in [-0.05, 0) is 151 Å². The third kappa shape index (κ3) is 6.26. The normalized spacial score (nSPS) is 13.9. The predicted molar refractivity (Wildman–Crippen MR) is 312 cm³/mol. The summed E-state index contributed by atoms with van der Waals surface area (Å²) in [4.78, 5) is 2.41. The van der Waals surface area contributed by atoms with E-state index in [9.17, 15) is 0 Å². The first-order chi connectivity index (χ1) is 38.2. The maximum Gasteiger partial charge on any atom is 0.132 e. The average Bonchev–Trinajstić information content (AvgIpc) is 3.91. The summed E-state index contributed by atoms with van der Waals surface area (Å²) in [5.74, 6) is 3.57. The molecule has 0 radical (unpaired) electrons. The molecule has 77 heavy (non-hydrogen) atoms. The van der Waals surface area contributed by atoms with E-state index in [1.807, 2.05) is 0 Å². The Bertz CT molecular complexity index is 4270. The van der Waals surface area contributed by atoms with Crippen molar-refractivity contribution in [3.8, 4) is 78.6 Å². The summed E-state index contributed by atoms with van der Waals surface area (Å²) in [6.07, 6.45) is 0. The van der Waals surface area contributed by atoms with E-state index in [0.29, 0.717) is 0 Å². The van der Waals surface area contributed by atoms with Gasteiger partial charge in [-0.25, -0.2) is 0 Å². The summed E-state index contributed by atoms with van der Waals surface area (Å²) in [6.45, 7) is 0. The molecule has 2 heterocycles. The van der Waals surface area contributed by atoms with Crippen LogP contribution in [0.2, 0.25) is 0 Å². The van der Waals surface area contributed by atoms with Crippen LogP contribution in [0.4, 0.5) is 17.1 Å². The molecule has 0 unspecified atom stereocenters.